The van der Waals surface area contributed by atoms with Gasteiger partial charge in [-0.2, -0.15) is 0 Å². The summed E-state index contributed by atoms with van der Waals surface area (Å²) < 4.78 is 0. The number of halogens is 2. The maximum absolute atomic E-state index is 12.2. The van der Waals surface area contributed by atoms with Gasteiger partial charge in [-0.05, 0) is 83.0 Å². The van der Waals surface area contributed by atoms with E-state index >= 15 is 0 Å². The van der Waals surface area contributed by atoms with Crippen LogP contribution >= 0.6 is 24.8 Å². The molecule has 0 aromatic heterocycles. The summed E-state index contributed by atoms with van der Waals surface area (Å²) in [5.74, 6) is 1.56. The first-order valence-corrected chi connectivity index (χ1v) is 10.7. The van der Waals surface area contributed by atoms with Gasteiger partial charge in [0.25, 0.3) is 0 Å². The summed E-state index contributed by atoms with van der Waals surface area (Å²) >= 11 is 0. The largest absolute Gasteiger partial charge is 0.352 e. The fourth-order valence-electron chi connectivity index (χ4n) is 3.45. The zero-order chi connectivity index (χ0) is 18.5. The third-order valence-electron chi connectivity index (χ3n) is 5.11. The standard InChI is InChI=1S/C21H43N3O.2ClH/c1-18(2)9-11-20(12-10-19(3)4)23-21(25)17-22-13-8-16-24-14-6-5-7-15-24;;/h18-20,22H,5-17H2,1-4H3,(H,23,25);2*1H. The molecule has 27 heavy (non-hydrogen) atoms. The lowest BCUT2D eigenvalue weighted by Crippen LogP contribution is -2.41. The van der Waals surface area contributed by atoms with Crippen LogP contribution in [0.3, 0.4) is 0 Å². The van der Waals surface area contributed by atoms with Gasteiger partial charge in [-0.25, -0.2) is 0 Å². The molecule has 6 heteroatoms. The van der Waals surface area contributed by atoms with Gasteiger partial charge < -0.3 is 15.5 Å². The minimum Gasteiger partial charge on any atom is -0.352 e. The van der Waals surface area contributed by atoms with Crippen LogP contribution in [0, 0.1) is 11.8 Å². The quantitative estimate of drug-likeness (QED) is 0.421. The van der Waals surface area contributed by atoms with E-state index in [1.54, 1.807) is 0 Å². The van der Waals surface area contributed by atoms with Crippen molar-refractivity contribution in [3.63, 3.8) is 0 Å². The lowest BCUT2D eigenvalue weighted by molar-refractivity contribution is -0.121. The molecule has 2 N–H and O–H groups in total. The molecule has 1 aliphatic heterocycles. The zero-order valence-corrected chi connectivity index (χ0v) is 19.7. The number of rotatable bonds is 13. The van der Waals surface area contributed by atoms with E-state index in [0.717, 1.165) is 25.8 Å². The van der Waals surface area contributed by atoms with E-state index in [1.165, 1.54) is 51.7 Å². The molecule has 0 aromatic rings. The van der Waals surface area contributed by atoms with Gasteiger partial charge in [0.15, 0.2) is 0 Å². The molecule has 164 valence electrons. The molecule has 1 heterocycles. The van der Waals surface area contributed by atoms with Gasteiger partial charge in [-0.1, -0.05) is 34.1 Å². The Morgan fingerprint density at radius 1 is 0.889 bits per heavy atom. The first kappa shape index (κ1) is 29.2. The molecule has 0 radical (unpaired) electrons. The Hall–Kier alpha value is -0.0300. The topological polar surface area (TPSA) is 44.4 Å². The van der Waals surface area contributed by atoms with Crippen molar-refractivity contribution in [2.24, 2.45) is 11.8 Å². The van der Waals surface area contributed by atoms with E-state index in [0.29, 0.717) is 24.4 Å². The summed E-state index contributed by atoms with van der Waals surface area (Å²) in [6, 6.07) is 0.340. The van der Waals surface area contributed by atoms with Crippen molar-refractivity contribution in [3.8, 4) is 0 Å². The van der Waals surface area contributed by atoms with Crippen LogP contribution in [0.2, 0.25) is 0 Å². The van der Waals surface area contributed by atoms with Gasteiger partial charge >= 0.3 is 0 Å². The summed E-state index contributed by atoms with van der Waals surface area (Å²) in [5, 5.41) is 6.58. The number of piperidine rings is 1. The number of carbonyl (C=O) groups is 1. The molecule has 0 bridgehead atoms. The average Bonchev–Trinajstić information content (AvgIpc) is 2.57. The molecule has 1 rings (SSSR count). The SMILES string of the molecule is CC(C)CCC(CCC(C)C)NC(=O)CNCCCN1CCCCC1.Cl.Cl. The van der Waals surface area contributed by atoms with Crippen molar-refractivity contribution in [1.82, 2.24) is 15.5 Å². The van der Waals surface area contributed by atoms with E-state index in [4.69, 9.17) is 0 Å². The predicted octanol–water partition coefficient (Wildman–Crippen LogP) is 4.65. The van der Waals surface area contributed by atoms with E-state index in [1.807, 2.05) is 0 Å². The number of likely N-dealkylation sites (tertiary alicyclic amines) is 1. The van der Waals surface area contributed by atoms with E-state index < -0.39 is 0 Å². The molecule has 4 nitrogen and oxygen atoms in total. The Kier molecular flexibility index (Phi) is 19.5. The fraction of sp³-hybridized carbons (Fsp3) is 0.952. The Balaban J connectivity index is 0. The molecule has 0 unspecified atom stereocenters. The van der Waals surface area contributed by atoms with Crippen molar-refractivity contribution in [2.45, 2.75) is 85.1 Å². The number of hydrogen-bond donors (Lipinski definition) is 2. The van der Waals surface area contributed by atoms with Crippen molar-refractivity contribution >= 4 is 30.7 Å². The number of carbonyl (C=O) groups excluding carboxylic acids is 1. The predicted molar refractivity (Wildman–Crippen MR) is 122 cm³/mol. The normalized spacial score (nSPS) is 14.9. The van der Waals surface area contributed by atoms with Crippen LogP contribution in [0.1, 0.15) is 79.1 Å². The highest BCUT2D eigenvalue weighted by atomic mass is 35.5. The summed E-state index contributed by atoms with van der Waals surface area (Å²) in [4.78, 5) is 14.8. The third-order valence-corrected chi connectivity index (χ3v) is 5.11. The van der Waals surface area contributed by atoms with Crippen LogP contribution in [-0.2, 0) is 4.79 Å². The smallest absolute Gasteiger partial charge is 0.234 e. The van der Waals surface area contributed by atoms with Gasteiger partial charge in [-0.15, -0.1) is 24.8 Å². The van der Waals surface area contributed by atoms with Gasteiger partial charge in [0, 0.05) is 6.04 Å². The molecule has 0 aromatic carbocycles. The Bertz CT molecular complexity index is 336. The van der Waals surface area contributed by atoms with Crippen LogP contribution in [0.4, 0.5) is 0 Å². The van der Waals surface area contributed by atoms with Crippen LogP contribution in [0.5, 0.6) is 0 Å². The minimum atomic E-state index is 0. The molecule has 0 saturated carbocycles. The van der Waals surface area contributed by atoms with Crippen LogP contribution in [0.25, 0.3) is 0 Å². The summed E-state index contributed by atoms with van der Waals surface area (Å²) in [6.07, 6.45) is 9.81. The first-order chi connectivity index (χ1) is 12.0. The molecule has 1 aliphatic rings. The Morgan fingerprint density at radius 2 is 1.44 bits per heavy atom. The highest BCUT2D eigenvalue weighted by molar-refractivity contribution is 5.85. The molecular weight excluding hydrogens is 381 g/mol. The molecular formula is C21H45Cl2N3O. The summed E-state index contributed by atoms with van der Waals surface area (Å²) in [5.41, 5.74) is 0. The Morgan fingerprint density at radius 3 is 1.96 bits per heavy atom. The van der Waals surface area contributed by atoms with E-state index in [9.17, 15) is 4.79 Å². The van der Waals surface area contributed by atoms with E-state index in [2.05, 4.69) is 43.2 Å². The average molecular weight is 427 g/mol. The van der Waals surface area contributed by atoms with Crippen LogP contribution in [-0.4, -0.2) is 49.6 Å². The summed E-state index contributed by atoms with van der Waals surface area (Å²) in [6.45, 7) is 14.1. The maximum atomic E-state index is 12.2. The lowest BCUT2D eigenvalue weighted by atomic mass is 9.97. The highest BCUT2D eigenvalue weighted by Gasteiger charge is 2.14. The highest BCUT2D eigenvalue weighted by Crippen LogP contribution is 2.14. The molecule has 1 saturated heterocycles. The number of nitrogens with zero attached hydrogens (tertiary/aromatic N) is 1. The molecule has 1 fully saturated rings. The molecule has 0 atom stereocenters. The zero-order valence-electron chi connectivity index (χ0n) is 18.1. The van der Waals surface area contributed by atoms with Crippen molar-refractivity contribution < 1.29 is 4.79 Å². The first-order valence-electron chi connectivity index (χ1n) is 10.7. The molecule has 0 aliphatic carbocycles. The second-order valence-electron chi connectivity index (χ2n) is 8.64. The van der Waals surface area contributed by atoms with Gasteiger partial charge in [0.1, 0.15) is 0 Å². The maximum Gasteiger partial charge on any atom is 0.234 e. The minimum absolute atomic E-state index is 0. The lowest BCUT2D eigenvalue weighted by Gasteiger charge is -2.26. The van der Waals surface area contributed by atoms with Crippen molar-refractivity contribution in [3.05, 3.63) is 0 Å². The van der Waals surface area contributed by atoms with Crippen LogP contribution < -0.4 is 10.6 Å². The summed E-state index contributed by atoms with van der Waals surface area (Å²) in [7, 11) is 0. The van der Waals surface area contributed by atoms with Gasteiger partial charge in [-0.3, -0.25) is 4.79 Å². The number of nitrogens with one attached hydrogen (secondary N) is 2. The molecule has 0 spiro atoms. The van der Waals surface area contributed by atoms with Gasteiger partial charge in [0.05, 0.1) is 6.54 Å². The van der Waals surface area contributed by atoms with Gasteiger partial charge in [0.2, 0.25) is 5.91 Å². The third kappa shape index (κ3) is 16.6. The monoisotopic (exact) mass is 425 g/mol. The number of amides is 1. The Labute approximate surface area is 180 Å². The fourth-order valence-corrected chi connectivity index (χ4v) is 3.45. The number of hydrogen-bond acceptors (Lipinski definition) is 3. The second-order valence-corrected chi connectivity index (χ2v) is 8.64. The van der Waals surface area contributed by atoms with Crippen LogP contribution in [0.15, 0.2) is 0 Å². The second kappa shape index (κ2) is 18.0. The van der Waals surface area contributed by atoms with Crippen molar-refractivity contribution in [2.75, 3.05) is 32.7 Å². The molecule has 1 amide bonds. The van der Waals surface area contributed by atoms with Crippen molar-refractivity contribution in [1.29, 1.82) is 0 Å². The van der Waals surface area contributed by atoms with E-state index in [-0.39, 0.29) is 30.7 Å².